The molecular formula is C19H27F3IN5O3. The number of aromatic nitrogens is 1. The molecule has 0 aliphatic carbocycles. The number of halogens is 4. The molecule has 1 atom stereocenters. The Morgan fingerprint density at radius 1 is 1.29 bits per heavy atom. The zero-order valence-electron chi connectivity index (χ0n) is 17.2. The van der Waals surface area contributed by atoms with Gasteiger partial charge in [-0.1, -0.05) is 6.07 Å². The summed E-state index contributed by atoms with van der Waals surface area (Å²) in [4.78, 5) is 24.5. The van der Waals surface area contributed by atoms with Crippen molar-refractivity contribution in [2.45, 2.75) is 31.7 Å². The van der Waals surface area contributed by atoms with E-state index < -0.39 is 12.8 Å². The van der Waals surface area contributed by atoms with E-state index in [0.717, 1.165) is 18.4 Å². The van der Waals surface area contributed by atoms with E-state index in [4.69, 9.17) is 4.74 Å². The molecule has 1 aromatic rings. The van der Waals surface area contributed by atoms with Gasteiger partial charge in [0.1, 0.15) is 6.10 Å². The van der Waals surface area contributed by atoms with Crippen LogP contribution >= 0.6 is 24.0 Å². The first kappa shape index (κ1) is 25.4. The molecule has 8 nitrogen and oxygen atoms in total. The standard InChI is InChI=1S/C19H26F3N5O3.HI/c1-23-18(25-12-14-4-5-16(24-11-14)30-13-19(20,21)22)27-8-6-26(7-9-27)17(28)15-3-2-10-29-15;/h4-5,11,15H,2-3,6-10,12-13H2,1H3,(H,23,25);1H. The molecule has 0 spiro atoms. The number of pyridine rings is 1. The van der Waals surface area contributed by atoms with E-state index >= 15 is 0 Å². The normalized spacial score (nSPS) is 19.7. The number of carbonyl (C=O) groups excluding carboxylic acids is 1. The number of amides is 1. The highest BCUT2D eigenvalue weighted by atomic mass is 127. The van der Waals surface area contributed by atoms with Gasteiger partial charge in [0.25, 0.3) is 5.91 Å². The van der Waals surface area contributed by atoms with Gasteiger partial charge in [-0.15, -0.1) is 24.0 Å². The van der Waals surface area contributed by atoms with Crippen molar-refractivity contribution in [3.63, 3.8) is 0 Å². The molecule has 2 fully saturated rings. The Hall–Kier alpha value is -1.83. The largest absolute Gasteiger partial charge is 0.468 e. The molecule has 0 radical (unpaired) electrons. The number of nitrogens with one attached hydrogen (secondary N) is 1. The molecule has 31 heavy (non-hydrogen) atoms. The van der Waals surface area contributed by atoms with Crippen LogP contribution in [0, 0.1) is 0 Å². The first-order valence-electron chi connectivity index (χ1n) is 9.86. The number of hydrogen-bond acceptors (Lipinski definition) is 5. The van der Waals surface area contributed by atoms with Gasteiger partial charge >= 0.3 is 6.18 Å². The van der Waals surface area contributed by atoms with Crippen LogP contribution in [0.3, 0.4) is 0 Å². The number of guanidine groups is 1. The van der Waals surface area contributed by atoms with Gasteiger partial charge in [-0.25, -0.2) is 4.98 Å². The minimum Gasteiger partial charge on any atom is -0.468 e. The quantitative estimate of drug-likeness (QED) is 0.340. The fourth-order valence-electron chi connectivity index (χ4n) is 3.38. The number of nitrogens with zero attached hydrogens (tertiary/aromatic N) is 4. The first-order chi connectivity index (χ1) is 14.4. The Bertz CT molecular complexity index is 734. The lowest BCUT2D eigenvalue weighted by atomic mass is 10.2. The van der Waals surface area contributed by atoms with Crippen LogP contribution in [0.1, 0.15) is 18.4 Å². The molecule has 2 aliphatic rings. The number of rotatable bonds is 5. The fourth-order valence-corrected chi connectivity index (χ4v) is 3.38. The molecule has 0 aromatic carbocycles. The molecule has 1 unspecified atom stereocenters. The lowest BCUT2D eigenvalue weighted by Gasteiger charge is -2.37. The summed E-state index contributed by atoms with van der Waals surface area (Å²) in [7, 11) is 1.68. The molecule has 174 valence electrons. The first-order valence-corrected chi connectivity index (χ1v) is 9.86. The molecular weight excluding hydrogens is 530 g/mol. The molecule has 2 aliphatic heterocycles. The second kappa shape index (κ2) is 11.7. The monoisotopic (exact) mass is 557 g/mol. The van der Waals surface area contributed by atoms with Crippen LogP contribution in [0.2, 0.25) is 0 Å². The summed E-state index contributed by atoms with van der Waals surface area (Å²) in [5, 5.41) is 3.22. The van der Waals surface area contributed by atoms with E-state index in [1.54, 1.807) is 13.1 Å². The summed E-state index contributed by atoms with van der Waals surface area (Å²) in [5.41, 5.74) is 0.780. The van der Waals surface area contributed by atoms with Crippen molar-refractivity contribution in [1.29, 1.82) is 0 Å². The number of aliphatic imine (C=N–C) groups is 1. The minimum atomic E-state index is -4.40. The Morgan fingerprint density at radius 3 is 2.55 bits per heavy atom. The number of ether oxygens (including phenoxy) is 2. The zero-order chi connectivity index (χ0) is 21.6. The van der Waals surface area contributed by atoms with Crippen molar-refractivity contribution in [3.8, 4) is 5.88 Å². The maximum absolute atomic E-state index is 12.4. The minimum absolute atomic E-state index is 0. The van der Waals surface area contributed by atoms with Gasteiger partial charge in [-0.2, -0.15) is 13.2 Å². The summed E-state index contributed by atoms with van der Waals surface area (Å²) >= 11 is 0. The molecule has 1 N–H and O–H groups in total. The third-order valence-electron chi connectivity index (χ3n) is 4.94. The lowest BCUT2D eigenvalue weighted by Crippen LogP contribution is -2.55. The van der Waals surface area contributed by atoms with Crippen molar-refractivity contribution in [3.05, 3.63) is 23.9 Å². The van der Waals surface area contributed by atoms with Crippen LogP contribution in [0.25, 0.3) is 0 Å². The van der Waals surface area contributed by atoms with Crippen LogP contribution in [0.5, 0.6) is 5.88 Å². The summed E-state index contributed by atoms with van der Waals surface area (Å²) in [6.07, 6.45) is -1.52. The highest BCUT2D eigenvalue weighted by Crippen LogP contribution is 2.18. The van der Waals surface area contributed by atoms with Crippen molar-refractivity contribution in [2.75, 3.05) is 46.4 Å². The number of alkyl halides is 3. The molecule has 0 bridgehead atoms. The smallest absolute Gasteiger partial charge is 0.422 e. The Kier molecular flexibility index (Phi) is 9.59. The predicted octanol–water partition coefficient (Wildman–Crippen LogP) is 2.04. The topological polar surface area (TPSA) is 79.3 Å². The van der Waals surface area contributed by atoms with Gasteiger partial charge in [0.15, 0.2) is 12.6 Å². The average molecular weight is 557 g/mol. The third-order valence-corrected chi connectivity index (χ3v) is 4.94. The van der Waals surface area contributed by atoms with Crippen molar-refractivity contribution in [2.24, 2.45) is 4.99 Å². The zero-order valence-corrected chi connectivity index (χ0v) is 19.6. The van der Waals surface area contributed by atoms with E-state index in [-0.39, 0.29) is 41.9 Å². The van der Waals surface area contributed by atoms with Crippen LogP contribution in [-0.4, -0.2) is 85.4 Å². The SMILES string of the molecule is CN=C(NCc1ccc(OCC(F)(F)F)nc1)N1CCN(C(=O)C2CCCO2)CC1.I. The Balaban J connectivity index is 0.00000341. The third kappa shape index (κ3) is 7.66. The van der Waals surface area contributed by atoms with Gasteiger partial charge in [0, 0.05) is 58.6 Å². The second-order valence-corrected chi connectivity index (χ2v) is 7.12. The lowest BCUT2D eigenvalue weighted by molar-refractivity contribution is -0.154. The van der Waals surface area contributed by atoms with E-state index in [2.05, 4.69) is 24.9 Å². The molecule has 1 amide bonds. The highest BCUT2D eigenvalue weighted by molar-refractivity contribution is 14.0. The Labute approximate surface area is 196 Å². The maximum Gasteiger partial charge on any atom is 0.422 e. The van der Waals surface area contributed by atoms with Gasteiger partial charge in [-0.05, 0) is 18.4 Å². The van der Waals surface area contributed by atoms with Crippen molar-refractivity contribution in [1.82, 2.24) is 20.1 Å². The molecule has 1 aromatic heterocycles. The molecule has 3 heterocycles. The van der Waals surface area contributed by atoms with Crippen molar-refractivity contribution < 1.29 is 27.4 Å². The van der Waals surface area contributed by atoms with E-state index in [1.807, 2.05) is 4.90 Å². The molecule has 12 heteroatoms. The summed E-state index contributed by atoms with van der Waals surface area (Å²) in [6, 6.07) is 3.05. The van der Waals surface area contributed by atoms with Gasteiger partial charge in [-0.3, -0.25) is 9.79 Å². The van der Waals surface area contributed by atoms with Gasteiger partial charge in [0.05, 0.1) is 0 Å². The number of piperazine rings is 1. The summed E-state index contributed by atoms with van der Waals surface area (Å²) < 4.78 is 46.6. The fraction of sp³-hybridized carbons (Fsp3) is 0.632. The highest BCUT2D eigenvalue weighted by Gasteiger charge is 2.31. The van der Waals surface area contributed by atoms with E-state index in [9.17, 15) is 18.0 Å². The van der Waals surface area contributed by atoms with Crippen LogP contribution in [0.4, 0.5) is 13.2 Å². The molecule has 3 rings (SSSR count). The molecule has 0 saturated carbocycles. The second-order valence-electron chi connectivity index (χ2n) is 7.12. The van der Waals surface area contributed by atoms with Gasteiger partial charge < -0.3 is 24.6 Å². The van der Waals surface area contributed by atoms with Crippen LogP contribution < -0.4 is 10.1 Å². The van der Waals surface area contributed by atoms with Gasteiger partial charge in [0.2, 0.25) is 5.88 Å². The van der Waals surface area contributed by atoms with Crippen molar-refractivity contribution >= 4 is 35.8 Å². The number of hydrogen-bond donors (Lipinski definition) is 1. The van der Waals surface area contributed by atoms with Crippen LogP contribution in [0.15, 0.2) is 23.3 Å². The van der Waals surface area contributed by atoms with E-state index in [0.29, 0.717) is 45.3 Å². The Morgan fingerprint density at radius 2 is 2.00 bits per heavy atom. The van der Waals surface area contributed by atoms with E-state index in [1.165, 1.54) is 12.3 Å². The average Bonchev–Trinajstić information content (AvgIpc) is 3.28. The predicted molar refractivity (Wildman–Crippen MR) is 119 cm³/mol. The number of carbonyl (C=O) groups is 1. The molecule has 2 saturated heterocycles. The maximum atomic E-state index is 12.4. The summed E-state index contributed by atoms with van der Waals surface area (Å²) in [5.74, 6) is 0.679. The summed E-state index contributed by atoms with van der Waals surface area (Å²) in [6.45, 7) is 2.21. The van der Waals surface area contributed by atoms with Crippen LogP contribution in [-0.2, 0) is 16.1 Å².